The molecule has 0 saturated heterocycles. The van der Waals surface area contributed by atoms with Crippen molar-refractivity contribution >= 4 is 0 Å². The van der Waals surface area contributed by atoms with Crippen LogP contribution >= 0.6 is 0 Å². The van der Waals surface area contributed by atoms with E-state index in [1.807, 2.05) is 0 Å². The molecule has 1 N–H and O–H groups in total. The second-order valence-electron chi connectivity index (χ2n) is 7.72. The highest BCUT2D eigenvalue weighted by Crippen LogP contribution is 2.40. The highest BCUT2D eigenvalue weighted by molar-refractivity contribution is 5.00. The van der Waals surface area contributed by atoms with Crippen molar-refractivity contribution in [2.45, 2.75) is 83.0 Å². The lowest BCUT2D eigenvalue weighted by atomic mass is 9.81. The highest BCUT2D eigenvalue weighted by atomic mass is 16.5. The number of methoxy groups -OCH3 is 1. The van der Waals surface area contributed by atoms with Crippen molar-refractivity contribution < 1.29 is 4.74 Å². The van der Waals surface area contributed by atoms with Crippen molar-refractivity contribution in [2.75, 3.05) is 7.11 Å². The van der Waals surface area contributed by atoms with E-state index in [0.717, 1.165) is 42.5 Å². The Morgan fingerprint density at radius 2 is 1.91 bits per heavy atom. The lowest BCUT2D eigenvalue weighted by Crippen LogP contribution is -2.48. The van der Waals surface area contributed by atoms with E-state index < -0.39 is 0 Å². The Labute approximate surface area is 139 Å². The summed E-state index contributed by atoms with van der Waals surface area (Å²) in [6, 6.07) is 1.32. The summed E-state index contributed by atoms with van der Waals surface area (Å²) in [7, 11) is 1.70. The van der Waals surface area contributed by atoms with Crippen LogP contribution in [0.2, 0.25) is 0 Å². The van der Waals surface area contributed by atoms with Gasteiger partial charge < -0.3 is 10.1 Å². The highest BCUT2D eigenvalue weighted by Gasteiger charge is 2.38. The maximum absolute atomic E-state index is 5.16. The summed E-state index contributed by atoms with van der Waals surface area (Å²) >= 11 is 0. The molecule has 4 rings (SSSR count). The van der Waals surface area contributed by atoms with Crippen LogP contribution in [0.25, 0.3) is 0 Å². The molecule has 2 fully saturated rings. The smallest absolute Gasteiger partial charge is 0.176 e. The number of ether oxygens (including phenoxy) is 1. The second-order valence-corrected chi connectivity index (χ2v) is 7.72. The van der Waals surface area contributed by atoms with Crippen LogP contribution in [0.1, 0.15) is 63.0 Å². The maximum atomic E-state index is 5.16. The maximum Gasteiger partial charge on any atom is 0.176 e. The quantitative estimate of drug-likeness (QED) is 0.876. The molecule has 5 heteroatoms. The lowest BCUT2D eigenvalue weighted by molar-refractivity contribution is 0.177. The van der Waals surface area contributed by atoms with Crippen molar-refractivity contribution in [2.24, 2.45) is 11.8 Å². The molecule has 1 aromatic rings. The summed E-state index contributed by atoms with van der Waals surface area (Å²) in [5.74, 6) is 3.82. The average molecular weight is 318 g/mol. The zero-order chi connectivity index (χ0) is 15.6. The third-order valence-electron chi connectivity index (χ3n) is 5.89. The number of rotatable bonds is 6. The Morgan fingerprint density at radius 1 is 1.13 bits per heavy atom. The van der Waals surface area contributed by atoms with E-state index in [4.69, 9.17) is 4.74 Å². The van der Waals surface area contributed by atoms with E-state index in [9.17, 15) is 0 Å². The first-order valence-electron chi connectivity index (χ1n) is 9.51. The van der Waals surface area contributed by atoms with Gasteiger partial charge in [-0.3, -0.25) is 0 Å². The number of fused-ring (bicyclic) bond motifs is 1. The fraction of sp³-hybridized carbons (Fsp3) is 0.889. The van der Waals surface area contributed by atoms with Gasteiger partial charge in [0.05, 0.1) is 6.54 Å². The van der Waals surface area contributed by atoms with E-state index in [2.05, 4.69) is 20.1 Å². The number of nitrogens with one attached hydrogen (secondary N) is 1. The number of hydrogen-bond donors (Lipinski definition) is 1. The Morgan fingerprint density at radius 3 is 2.65 bits per heavy atom. The Kier molecular flexibility index (Phi) is 4.67. The number of aryl methyl sites for hydroxylation is 1. The largest absolute Gasteiger partial charge is 0.377 e. The van der Waals surface area contributed by atoms with Gasteiger partial charge in [-0.1, -0.05) is 19.3 Å². The first-order chi connectivity index (χ1) is 11.3. The van der Waals surface area contributed by atoms with Gasteiger partial charge in [0.25, 0.3) is 0 Å². The van der Waals surface area contributed by atoms with E-state index in [1.54, 1.807) is 7.11 Å². The molecule has 1 aromatic heterocycles. The molecular weight excluding hydrogens is 288 g/mol. The number of nitrogens with zero attached hydrogens (tertiary/aromatic N) is 3. The van der Waals surface area contributed by atoms with Crippen molar-refractivity contribution in [1.82, 2.24) is 20.1 Å². The molecule has 2 saturated carbocycles. The van der Waals surface area contributed by atoms with Gasteiger partial charge in [-0.25, -0.2) is 9.67 Å². The minimum atomic E-state index is 0.519. The van der Waals surface area contributed by atoms with E-state index in [0.29, 0.717) is 12.6 Å². The van der Waals surface area contributed by atoms with Gasteiger partial charge in [-0.2, -0.15) is 5.10 Å². The molecule has 0 aromatic carbocycles. The van der Waals surface area contributed by atoms with Crippen LogP contribution in [0.4, 0.5) is 0 Å². The van der Waals surface area contributed by atoms with Crippen LogP contribution in [0.3, 0.4) is 0 Å². The normalized spacial score (nSPS) is 26.9. The van der Waals surface area contributed by atoms with Crippen LogP contribution in [0.5, 0.6) is 0 Å². The molecule has 2 aliphatic carbocycles. The van der Waals surface area contributed by atoms with Gasteiger partial charge in [0.15, 0.2) is 5.82 Å². The first-order valence-corrected chi connectivity index (χ1v) is 9.51. The summed E-state index contributed by atoms with van der Waals surface area (Å²) in [6.45, 7) is 1.49. The summed E-state index contributed by atoms with van der Waals surface area (Å²) < 4.78 is 7.27. The van der Waals surface area contributed by atoms with Crippen molar-refractivity contribution in [3.05, 3.63) is 11.6 Å². The lowest BCUT2D eigenvalue weighted by Gasteiger charge is -2.35. The van der Waals surface area contributed by atoms with E-state index in [-0.39, 0.29) is 0 Å². The molecule has 0 bridgehead atoms. The SMILES string of the molecule is COCc1nc2n(n1)C[C@@H](N[C@H](C1CCCCC1)C1CC1)CC2. The van der Waals surface area contributed by atoms with Crippen LogP contribution in [-0.2, 0) is 24.3 Å². The van der Waals surface area contributed by atoms with Crippen LogP contribution in [-0.4, -0.2) is 34.0 Å². The van der Waals surface area contributed by atoms with Crippen LogP contribution < -0.4 is 5.32 Å². The molecule has 0 unspecified atom stereocenters. The second kappa shape index (κ2) is 6.89. The molecule has 2 atom stereocenters. The molecule has 2 heterocycles. The van der Waals surface area contributed by atoms with Gasteiger partial charge in [0, 0.05) is 25.6 Å². The van der Waals surface area contributed by atoms with Crippen molar-refractivity contribution in [3.8, 4) is 0 Å². The standard InChI is InChI=1S/C18H30N4O/c1-23-12-16-20-17-10-9-15(11-22(17)21-16)19-18(14-7-8-14)13-5-3-2-4-6-13/h13-15,18-19H,2-12H2,1H3/t15-,18+/m0/s1. The molecule has 3 aliphatic rings. The molecule has 0 radical (unpaired) electrons. The first kappa shape index (κ1) is 15.6. The Balaban J connectivity index is 1.39. The number of hydrogen-bond acceptors (Lipinski definition) is 4. The average Bonchev–Trinajstić information content (AvgIpc) is 3.34. The fourth-order valence-electron chi connectivity index (χ4n) is 4.56. The van der Waals surface area contributed by atoms with E-state index in [1.165, 1.54) is 51.4 Å². The topological polar surface area (TPSA) is 52.0 Å². The summed E-state index contributed by atoms with van der Waals surface area (Å²) in [4.78, 5) is 4.59. The third kappa shape index (κ3) is 3.61. The van der Waals surface area contributed by atoms with Gasteiger partial charge in [0.2, 0.25) is 0 Å². The van der Waals surface area contributed by atoms with Crippen LogP contribution in [0, 0.1) is 11.8 Å². The van der Waals surface area contributed by atoms with Crippen LogP contribution in [0.15, 0.2) is 0 Å². The number of aromatic nitrogens is 3. The van der Waals surface area contributed by atoms with E-state index >= 15 is 0 Å². The predicted octanol–water partition coefficient (Wildman–Crippen LogP) is 2.69. The third-order valence-corrected chi connectivity index (χ3v) is 5.89. The van der Waals surface area contributed by atoms with Gasteiger partial charge in [-0.05, 0) is 43.9 Å². The molecule has 0 spiro atoms. The molecule has 1 aliphatic heterocycles. The summed E-state index contributed by atoms with van der Waals surface area (Å²) in [5, 5.41) is 8.66. The fourth-order valence-corrected chi connectivity index (χ4v) is 4.56. The Bertz CT molecular complexity index is 519. The summed E-state index contributed by atoms with van der Waals surface area (Å²) in [5.41, 5.74) is 0. The monoisotopic (exact) mass is 318 g/mol. The molecule has 5 nitrogen and oxygen atoms in total. The zero-order valence-electron chi connectivity index (χ0n) is 14.3. The molecular formula is C18H30N4O. The van der Waals surface area contributed by atoms with Crippen molar-refractivity contribution in [3.63, 3.8) is 0 Å². The Hall–Kier alpha value is -0.940. The predicted molar refractivity (Wildman–Crippen MR) is 89.1 cm³/mol. The van der Waals surface area contributed by atoms with Gasteiger partial charge >= 0.3 is 0 Å². The molecule has 0 amide bonds. The molecule has 128 valence electrons. The minimum absolute atomic E-state index is 0.519. The van der Waals surface area contributed by atoms with Gasteiger partial charge in [0.1, 0.15) is 12.4 Å². The zero-order valence-corrected chi connectivity index (χ0v) is 14.3. The van der Waals surface area contributed by atoms with Gasteiger partial charge in [-0.15, -0.1) is 0 Å². The minimum Gasteiger partial charge on any atom is -0.377 e. The van der Waals surface area contributed by atoms with Crippen molar-refractivity contribution in [1.29, 1.82) is 0 Å². The molecule has 23 heavy (non-hydrogen) atoms. The summed E-state index contributed by atoms with van der Waals surface area (Å²) in [6.07, 6.45) is 12.3.